The molecular formula is C50H49F6N7O7. The summed E-state index contributed by atoms with van der Waals surface area (Å²) in [4.78, 5) is 61.5. The van der Waals surface area contributed by atoms with Gasteiger partial charge in [-0.3, -0.25) is 38.4 Å². The Hall–Kier alpha value is -6.96. The lowest BCUT2D eigenvalue weighted by Crippen LogP contribution is -2.44. The van der Waals surface area contributed by atoms with Gasteiger partial charge in [0.25, 0.3) is 5.91 Å². The molecular weight excluding hydrogens is 925 g/mol. The first kappa shape index (κ1) is 48.1. The van der Waals surface area contributed by atoms with Gasteiger partial charge in [-0.05, 0) is 128 Å². The van der Waals surface area contributed by atoms with Crippen LogP contribution in [0.2, 0.25) is 0 Å². The number of aromatic hydroxyl groups is 1. The van der Waals surface area contributed by atoms with E-state index in [-0.39, 0.29) is 36.5 Å². The molecule has 70 heavy (non-hydrogen) atoms. The van der Waals surface area contributed by atoms with E-state index in [2.05, 4.69) is 56.6 Å². The van der Waals surface area contributed by atoms with Crippen molar-refractivity contribution in [2.75, 3.05) is 13.1 Å². The Morgan fingerprint density at radius 1 is 0.843 bits per heavy atom. The van der Waals surface area contributed by atoms with Crippen LogP contribution in [-0.4, -0.2) is 77.0 Å². The summed E-state index contributed by atoms with van der Waals surface area (Å²) in [7, 11) is 1.72. The lowest BCUT2D eigenvalue weighted by molar-refractivity contribution is -0.192. The van der Waals surface area contributed by atoms with Crippen molar-refractivity contribution < 1.29 is 55.7 Å². The molecule has 3 amide bonds. The van der Waals surface area contributed by atoms with Gasteiger partial charge >= 0.3 is 17.8 Å². The number of imidazole rings is 1. The Bertz CT molecular complexity index is 3130. The molecule has 0 radical (unpaired) electrons. The monoisotopic (exact) mass is 973 g/mol. The van der Waals surface area contributed by atoms with Crippen LogP contribution in [0.1, 0.15) is 109 Å². The predicted molar refractivity (Wildman–Crippen MR) is 243 cm³/mol. The highest BCUT2D eigenvalue weighted by Crippen LogP contribution is 2.46. The number of amides is 3. The molecule has 0 bridgehead atoms. The quantitative estimate of drug-likeness (QED) is 0.0567. The van der Waals surface area contributed by atoms with Crippen molar-refractivity contribution in [2.45, 2.75) is 101 Å². The maximum absolute atomic E-state index is 14.3. The number of hydrogen-bond donors (Lipinski definition) is 4. The maximum Gasteiger partial charge on any atom is 0.490 e. The molecule has 1 atom stereocenters. The summed E-state index contributed by atoms with van der Waals surface area (Å²) in [5, 5.41) is 27.8. The highest BCUT2D eigenvalue weighted by Gasteiger charge is 2.38. The number of aromatic nitrogens is 4. The molecule has 10 rings (SSSR count). The summed E-state index contributed by atoms with van der Waals surface area (Å²) >= 11 is 0. The van der Waals surface area contributed by atoms with Gasteiger partial charge in [-0.25, -0.2) is 18.4 Å². The Labute approximate surface area is 395 Å². The Balaban J connectivity index is 0.000000810. The van der Waals surface area contributed by atoms with E-state index < -0.39 is 58.8 Å². The first-order valence-electron chi connectivity index (χ1n) is 23.2. The predicted octanol–water partition coefficient (Wildman–Crippen LogP) is 8.08. The number of carboxylic acids is 1. The summed E-state index contributed by atoms with van der Waals surface area (Å²) < 4.78 is 79.0. The number of piperidine rings is 1. The molecule has 6 aromatic rings. The number of halogens is 6. The van der Waals surface area contributed by atoms with Crippen molar-refractivity contribution >= 4 is 45.6 Å². The topological polar surface area (TPSA) is 181 Å². The highest BCUT2D eigenvalue weighted by atomic mass is 19.4. The smallest absolute Gasteiger partial charge is 0.490 e. The van der Waals surface area contributed by atoms with Crippen LogP contribution in [0.3, 0.4) is 0 Å². The minimum atomic E-state index is -5.08. The Morgan fingerprint density at radius 2 is 1.54 bits per heavy atom. The maximum atomic E-state index is 14.3. The molecule has 2 saturated carbocycles. The van der Waals surface area contributed by atoms with Gasteiger partial charge in [0.1, 0.15) is 6.04 Å². The molecule has 2 aliphatic heterocycles. The number of alkyl halides is 3. The van der Waals surface area contributed by atoms with Gasteiger partial charge in [0.15, 0.2) is 17.4 Å². The van der Waals surface area contributed by atoms with E-state index in [0.29, 0.717) is 23.9 Å². The fraction of sp³-hybridized carbons (Fsp3) is 0.400. The number of nitrogens with zero attached hydrogens (tertiary/aromatic N) is 5. The van der Waals surface area contributed by atoms with E-state index in [1.165, 1.54) is 26.8 Å². The summed E-state index contributed by atoms with van der Waals surface area (Å²) in [6.45, 7) is 2.92. The van der Waals surface area contributed by atoms with Crippen LogP contribution in [-0.2, 0) is 40.9 Å². The van der Waals surface area contributed by atoms with Crippen molar-refractivity contribution in [1.29, 1.82) is 0 Å². The van der Waals surface area contributed by atoms with E-state index in [1.807, 2.05) is 18.2 Å². The Morgan fingerprint density at radius 3 is 2.24 bits per heavy atom. The lowest BCUT2D eigenvalue weighted by atomic mass is 9.85. The second kappa shape index (κ2) is 19.1. The largest absolute Gasteiger partial charge is 0.503 e. The lowest BCUT2D eigenvalue weighted by Gasteiger charge is -2.30. The number of phenols is 1. The van der Waals surface area contributed by atoms with Crippen LogP contribution in [0.25, 0.3) is 33.1 Å². The minimum absolute atomic E-state index is 0.124. The number of carboxylic acid groups (broad SMARTS) is 1. The van der Waals surface area contributed by atoms with E-state index in [0.717, 1.165) is 98.7 Å². The summed E-state index contributed by atoms with van der Waals surface area (Å²) in [6.07, 6.45) is 2.83. The van der Waals surface area contributed by atoms with Crippen molar-refractivity contribution in [3.63, 3.8) is 0 Å². The van der Waals surface area contributed by atoms with Gasteiger partial charge in [0.05, 0.1) is 28.2 Å². The molecule has 4 N–H and O–H groups in total. The van der Waals surface area contributed by atoms with Crippen LogP contribution in [0.4, 0.5) is 26.3 Å². The van der Waals surface area contributed by atoms with Gasteiger partial charge in [0.2, 0.25) is 17.6 Å². The molecule has 368 valence electrons. The summed E-state index contributed by atoms with van der Waals surface area (Å²) in [6, 6.07) is 19.4. The van der Waals surface area contributed by atoms with Crippen LogP contribution in [0, 0.1) is 23.4 Å². The number of imide groups is 1. The first-order valence-corrected chi connectivity index (χ1v) is 23.2. The Kier molecular flexibility index (Phi) is 13.1. The van der Waals surface area contributed by atoms with E-state index in [1.54, 1.807) is 11.6 Å². The number of phenolic OH excluding ortho intramolecular Hbond substituents is 1. The van der Waals surface area contributed by atoms with Crippen LogP contribution in [0.15, 0.2) is 65.5 Å². The molecule has 4 aromatic carbocycles. The van der Waals surface area contributed by atoms with Gasteiger partial charge in [-0.2, -0.15) is 22.7 Å². The molecule has 0 spiro atoms. The zero-order valence-corrected chi connectivity index (χ0v) is 37.9. The molecule has 2 aromatic heterocycles. The SMILES string of the molecule is Cn1c(=O)n([C@@H]2CCC(=O)NC2=O)c2ccc(CCCN3Cc4ccc(-c5ccc6c(C7CC7)n(C7CCC(CNC(=O)c8cc(F)c(O)c(F)c8F)CC7)nc6c5)cc4C3)cc21.O=C(O)C(F)(F)F. The molecule has 1 saturated heterocycles. The average molecular weight is 974 g/mol. The summed E-state index contributed by atoms with van der Waals surface area (Å²) in [5.41, 5.74) is 8.75. The number of rotatable bonds is 11. The van der Waals surface area contributed by atoms with Crippen molar-refractivity contribution in [1.82, 2.24) is 34.4 Å². The third-order valence-electron chi connectivity index (χ3n) is 14.0. The summed E-state index contributed by atoms with van der Waals surface area (Å²) in [5.74, 6) is -10.00. The fourth-order valence-corrected chi connectivity index (χ4v) is 10.1. The number of aryl methyl sites for hydroxylation is 2. The van der Waals surface area contributed by atoms with Crippen LogP contribution >= 0.6 is 0 Å². The second-order valence-corrected chi connectivity index (χ2v) is 18.7. The molecule has 4 aliphatic rings. The fourth-order valence-electron chi connectivity index (χ4n) is 10.1. The van der Waals surface area contributed by atoms with Crippen molar-refractivity contribution in [3.05, 3.63) is 117 Å². The molecule has 4 heterocycles. The normalized spacial score (nSPS) is 19.5. The number of aliphatic carboxylic acids is 1. The molecule has 20 heteroatoms. The van der Waals surface area contributed by atoms with Gasteiger partial charge in [0, 0.05) is 50.1 Å². The minimum Gasteiger partial charge on any atom is -0.503 e. The third-order valence-corrected chi connectivity index (χ3v) is 14.0. The van der Waals surface area contributed by atoms with Crippen molar-refractivity contribution in [2.24, 2.45) is 13.0 Å². The zero-order chi connectivity index (χ0) is 49.8. The van der Waals surface area contributed by atoms with Gasteiger partial charge < -0.3 is 15.5 Å². The van der Waals surface area contributed by atoms with Crippen LogP contribution < -0.4 is 16.3 Å². The zero-order valence-electron chi connectivity index (χ0n) is 37.9. The number of nitrogens with one attached hydrogen (secondary N) is 2. The second-order valence-electron chi connectivity index (χ2n) is 18.7. The number of benzene rings is 4. The molecule has 0 unspecified atom stereocenters. The highest BCUT2D eigenvalue weighted by molar-refractivity contribution is 6.00. The molecule has 2 aliphatic carbocycles. The van der Waals surface area contributed by atoms with E-state index in [4.69, 9.17) is 15.0 Å². The molecule has 3 fully saturated rings. The van der Waals surface area contributed by atoms with E-state index >= 15 is 0 Å². The number of fused-ring (bicyclic) bond motifs is 3. The standard InChI is InChI=1S/C48H48F3N7O5.C2HF3O2/c1-55-40-19-26(6-15-38(40)57(48(55)63)39-16-17-41(59)53-47(39)62)3-2-18-56-24-31-10-9-29(20-32(31)25-56)30-11-14-34-37(21-30)54-58(44(34)28-7-8-28)33-12-4-27(5-13-33)23-52-46(61)35-22-36(49)45(60)43(51)42(35)50;3-2(4,5)1(6)7/h6,9-11,14-15,19-22,27-28,33,39,60H,2-5,7-8,12-13,16-18,23-25H2,1H3,(H,52,61)(H,53,59,62);(H,6,7)/t27?,33?,39-;/m1./s1. The number of carbonyl (C=O) groups is 4. The van der Waals surface area contributed by atoms with Crippen molar-refractivity contribution in [3.8, 4) is 16.9 Å². The van der Waals surface area contributed by atoms with Crippen LogP contribution in [0.5, 0.6) is 5.75 Å². The first-order chi connectivity index (χ1) is 33.4. The van der Waals surface area contributed by atoms with E-state index in [9.17, 15) is 50.6 Å². The average Bonchev–Trinajstić information content (AvgIpc) is 3.90. The third kappa shape index (κ3) is 9.65. The van der Waals surface area contributed by atoms with Gasteiger partial charge in [-0.15, -0.1) is 0 Å². The van der Waals surface area contributed by atoms with Gasteiger partial charge in [-0.1, -0.05) is 30.3 Å². The molecule has 14 nitrogen and oxygen atoms in total. The number of carbonyl (C=O) groups excluding carboxylic acids is 3. The number of hydrogen-bond acceptors (Lipinski definition) is 8.